The lowest BCUT2D eigenvalue weighted by Gasteiger charge is -2.20. The van der Waals surface area contributed by atoms with Gasteiger partial charge in [-0.15, -0.1) is 0 Å². The van der Waals surface area contributed by atoms with Crippen molar-refractivity contribution in [2.75, 3.05) is 12.4 Å². The molecule has 1 amide bonds. The van der Waals surface area contributed by atoms with Gasteiger partial charge in [0.2, 0.25) is 5.91 Å². The van der Waals surface area contributed by atoms with E-state index >= 15 is 0 Å². The molecule has 0 fully saturated rings. The van der Waals surface area contributed by atoms with E-state index in [4.69, 9.17) is 9.84 Å². The molecule has 21 heavy (non-hydrogen) atoms. The molecule has 5 nitrogen and oxygen atoms in total. The zero-order chi connectivity index (χ0) is 16.0. The third kappa shape index (κ3) is 4.48. The fourth-order valence-corrected chi connectivity index (χ4v) is 2.23. The van der Waals surface area contributed by atoms with E-state index in [1.54, 1.807) is 6.07 Å². The Morgan fingerprint density at radius 2 is 2.00 bits per heavy atom. The lowest BCUT2D eigenvalue weighted by atomic mass is 9.90. The van der Waals surface area contributed by atoms with Gasteiger partial charge in [0.25, 0.3) is 0 Å². The quantitative estimate of drug-likeness (QED) is 0.808. The number of ether oxygens (including phenoxy) is 1. The molecular weight excluding hydrogens is 270 g/mol. The Hall–Kier alpha value is -2.04. The molecule has 1 aromatic carbocycles. The van der Waals surface area contributed by atoms with Crippen LogP contribution in [0.25, 0.3) is 0 Å². The molecule has 1 aromatic rings. The summed E-state index contributed by atoms with van der Waals surface area (Å²) in [5.41, 5.74) is 0.619. The number of carboxylic acids is 1. The van der Waals surface area contributed by atoms with Crippen molar-refractivity contribution in [1.82, 2.24) is 0 Å². The maximum atomic E-state index is 12.3. The van der Waals surface area contributed by atoms with Gasteiger partial charge in [0.05, 0.1) is 18.4 Å². The average molecular weight is 293 g/mol. The number of methoxy groups -OCH3 is 1. The molecule has 0 saturated heterocycles. The molecule has 0 heterocycles. The van der Waals surface area contributed by atoms with Crippen molar-refractivity contribution >= 4 is 17.6 Å². The summed E-state index contributed by atoms with van der Waals surface area (Å²) in [4.78, 5) is 23.3. The summed E-state index contributed by atoms with van der Waals surface area (Å²) in [6, 6.07) is 4.41. The number of anilines is 1. The number of benzene rings is 1. The zero-order valence-corrected chi connectivity index (χ0v) is 13.0. The van der Waals surface area contributed by atoms with Crippen molar-refractivity contribution in [2.24, 2.45) is 11.8 Å². The number of hydrogen-bond donors (Lipinski definition) is 2. The summed E-state index contributed by atoms with van der Waals surface area (Å²) in [5, 5.41) is 11.8. The van der Waals surface area contributed by atoms with Gasteiger partial charge < -0.3 is 15.2 Å². The molecule has 0 aromatic heterocycles. The van der Waals surface area contributed by atoms with Crippen LogP contribution in [0.2, 0.25) is 0 Å². The third-order valence-electron chi connectivity index (χ3n) is 3.45. The van der Waals surface area contributed by atoms with E-state index in [-0.39, 0.29) is 23.3 Å². The highest BCUT2D eigenvalue weighted by Crippen LogP contribution is 2.27. The van der Waals surface area contributed by atoms with Gasteiger partial charge in [0.15, 0.2) is 0 Å². The zero-order valence-electron chi connectivity index (χ0n) is 13.0. The minimum absolute atomic E-state index is 0.0618. The summed E-state index contributed by atoms with van der Waals surface area (Å²) in [7, 11) is 1.45. The van der Waals surface area contributed by atoms with E-state index in [1.807, 2.05) is 20.8 Å². The van der Waals surface area contributed by atoms with E-state index in [1.165, 1.54) is 19.2 Å². The van der Waals surface area contributed by atoms with Crippen LogP contribution in [0.1, 0.15) is 44.0 Å². The topological polar surface area (TPSA) is 75.6 Å². The Balaban J connectivity index is 2.96. The van der Waals surface area contributed by atoms with Crippen LogP contribution in [0.5, 0.6) is 5.75 Å². The third-order valence-corrected chi connectivity index (χ3v) is 3.45. The monoisotopic (exact) mass is 293 g/mol. The Morgan fingerprint density at radius 1 is 1.33 bits per heavy atom. The highest BCUT2D eigenvalue weighted by atomic mass is 16.5. The second-order valence-electron chi connectivity index (χ2n) is 5.35. The molecular formula is C16H23NO4. The predicted molar refractivity (Wildman–Crippen MR) is 81.8 cm³/mol. The van der Waals surface area contributed by atoms with Crippen molar-refractivity contribution < 1.29 is 19.4 Å². The van der Waals surface area contributed by atoms with Crippen LogP contribution in [0.3, 0.4) is 0 Å². The number of carbonyl (C=O) groups excluding carboxylic acids is 1. The maximum Gasteiger partial charge on any atom is 0.335 e. The minimum atomic E-state index is -1.03. The molecule has 2 N–H and O–H groups in total. The van der Waals surface area contributed by atoms with Gasteiger partial charge in [-0.05, 0) is 30.5 Å². The summed E-state index contributed by atoms with van der Waals surface area (Å²) in [5.74, 6) is -0.569. The maximum absolute atomic E-state index is 12.3. The smallest absolute Gasteiger partial charge is 0.335 e. The van der Waals surface area contributed by atoms with Crippen molar-refractivity contribution in [3.05, 3.63) is 23.8 Å². The predicted octanol–water partition coefficient (Wildman–Crippen LogP) is 3.40. The van der Waals surface area contributed by atoms with Gasteiger partial charge in [0.1, 0.15) is 5.75 Å². The number of carboxylic acid groups (broad SMARTS) is 1. The highest BCUT2D eigenvalue weighted by molar-refractivity contribution is 5.95. The molecule has 0 aliphatic heterocycles. The fourth-order valence-electron chi connectivity index (χ4n) is 2.23. The first kappa shape index (κ1) is 17.0. The average Bonchev–Trinajstić information content (AvgIpc) is 2.44. The lowest BCUT2D eigenvalue weighted by Crippen LogP contribution is -2.27. The van der Waals surface area contributed by atoms with Crippen LogP contribution in [-0.4, -0.2) is 24.1 Å². The molecule has 0 spiro atoms. The van der Waals surface area contributed by atoms with Crippen LogP contribution in [0.15, 0.2) is 18.2 Å². The first-order valence-electron chi connectivity index (χ1n) is 7.12. The number of amides is 1. The minimum Gasteiger partial charge on any atom is -0.495 e. The summed E-state index contributed by atoms with van der Waals surface area (Å²) in [6.07, 6.45) is 1.75. The summed E-state index contributed by atoms with van der Waals surface area (Å²) in [6.45, 7) is 6.08. The largest absolute Gasteiger partial charge is 0.495 e. The van der Waals surface area contributed by atoms with Crippen molar-refractivity contribution in [3.8, 4) is 5.75 Å². The normalized spacial score (nSPS) is 12.0. The molecule has 5 heteroatoms. The number of aromatic carboxylic acids is 1. The van der Waals surface area contributed by atoms with Crippen LogP contribution in [0.4, 0.5) is 5.69 Å². The van der Waals surface area contributed by atoms with Crippen LogP contribution < -0.4 is 10.1 Å². The standard InChI is InChI=1S/C16H23NO4/c1-5-6-12(10(2)3)15(18)17-13-8-7-11(16(19)20)9-14(13)21-4/h7-10,12H,5-6H2,1-4H3,(H,17,18)(H,19,20). The number of hydrogen-bond acceptors (Lipinski definition) is 3. The van der Waals surface area contributed by atoms with E-state index in [0.29, 0.717) is 11.4 Å². The van der Waals surface area contributed by atoms with E-state index in [9.17, 15) is 9.59 Å². The van der Waals surface area contributed by atoms with E-state index < -0.39 is 5.97 Å². The molecule has 1 rings (SSSR count). The van der Waals surface area contributed by atoms with Gasteiger partial charge in [-0.3, -0.25) is 4.79 Å². The Morgan fingerprint density at radius 3 is 2.48 bits per heavy atom. The Labute approximate surface area is 125 Å². The molecule has 0 bridgehead atoms. The SMILES string of the molecule is CCCC(C(=O)Nc1ccc(C(=O)O)cc1OC)C(C)C. The molecule has 116 valence electrons. The molecule has 0 radical (unpaired) electrons. The Bertz CT molecular complexity index is 511. The molecule has 1 unspecified atom stereocenters. The van der Waals surface area contributed by atoms with Crippen LogP contribution in [0, 0.1) is 11.8 Å². The summed E-state index contributed by atoms with van der Waals surface area (Å²) >= 11 is 0. The Kier molecular flexibility index (Phi) is 6.21. The van der Waals surface area contributed by atoms with Crippen molar-refractivity contribution in [1.29, 1.82) is 0 Å². The second-order valence-corrected chi connectivity index (χ2v) is 5.35. The summed E-state index contributed by atoms with van der Waals surface area (Å²) < 4.78 is 5.16. The highest BCUT2D eigenvalue weighted by Gasteiger charge is 2.22. The van der Waals surface area contributed by atoms with Crippen LogP contribution in [-0.2, 0) is 4.79 Å². The van der Waals surface area contributed by atoms with Gasteiger partial charge >= 0.3 is 5.97 Å². The molecule has 1 atom stereocenters. The molecule has 0 saturated carbocycles. The van der Waals surface area contributed by atoms with Gasteiger partial charge in [-0.25, -0.2) is 4.79 Å². The van der Waals surface area contributed by atoms with Gasteiger partial charge in [-0.1, -0.05) is 27.2 Å². The van der Waals surface area contributed by atoms with E-state index in [0.717, 1.165) is 12.8 Å². The number of carbonyl (C=O) groups is 2. The number of nitrogens with one attached hydrogen (secondary N) is 1. The number of rotatable bonds is 7. The first-order valence-corrected chi connectivity index (χ1v) is 7.12. The second kappa shape index (κ2) is 7.67. The van der Waals surface area contributed by atoms with E-state index in [2.05, 4.69) is 5.32 Å². The first-order chi connectivity index (χ1) is 9.90. The lowest BCUT2D eigenvalue weighted by molar-refractivity contribution is -0.121. The van der Waals surface area contributed by atoms with Gasteiger partial charge in [0, 0.05) is 5.92 Å². The van der Waals surface area contributed by atoms with Crippen molar-refractivity contribution in [3.63, 3.8) is 0 Å². The van der Waals surface area contributed by atoms with Crippen LogP contribution >= 0.6 is 0 Å². The fraction of sp³-hybridized carbons (Fsp3) is 0.500. The van der Waals surface area contributed by atoms with Gasteiger partial charge in [-0.2, -0.15) is 0 Å². The van der Waals surface area contributed by atoms with Crippen molar-refractivity contribution in [2.45, 2.75) is 33.6 Å². The molecule has 0 aliphatic rings. The molecule has 0 aliphatic carbocycles.